The van der Waals surface area contributed by atoms with Crippen LogP contribution in [0.15, 0.2) is 5.38 Å². The molecule has 3 nitrogen and oxygen atoms in total. The molecule has 0 aromatic carbocycles. The van der Waals surface area contributed by atoms with E-state index >= 15 is 0 Å². The topological polar surface area (TPSA) is 38.3 Å². The van der Waals surface area contributed by atoms with Crippen molar-refractivity contribution in [2.24, 2.45) is 0 Å². The Labute approximate surface area is 132 Å². The minimum atomic E-state index is -0.446. The predicted octanol–water partition coefficient (Wildman–Crippen LogP) is 4.12. The lowest BCUT2D eigenvalue weighted by molar-refractivity contribution is 0.0455. The van der Waals surface area contributed by atoms with Crippen molar-refractivity contribution in [1.82, 2.24) is 5.32 Å². The monoisotopic (exact) mass is 393 g/mol. The normalized spacial score (nSPS) is 22.8. The third kappa shape index (κ3) is 3.84. The van der Waals surface area contributed by atoms with Gasteiger partial charge >= 0.3 is 6.09 Å². The third-order valence-electron chi connectivity index (χ3n) is 3.21. The van der Waals surface area contributed by atoms with Crippen LogP contribution in [-0.4, -0.2) is 17.2 Å². The highest BCUT2D eigenvalue weighted by Gasteiger charge is 2.34. The standard InChI is InChI=1S/C14H20INO2S/c1-13(2,3)18-12(17)16-14(4)6-5-9-10(15)8-19-11(9)7-14/h8H,5-7H2,1-4H3,(H,16,17). The van der Waals surface area contributed by atoms with Crippen LogP contribution in [0.5, 0.6) is 0 Å². The number of alkyl carbamates (subject to hydrolysis) is 1. The highest BCUT2D eigenvalue weighted by molar-refractivity contribution is 14.1. The van der Waals surface area contributed by atoms with Crippen LogP contribution < -0.4 is 5.32 Å². The van der Waals surface area contributed by atoms with Gasteiger partial charge in [0.15, 0.2) is 0 Å². The first-order valence-electron chi connectivity index (χ1n) is 6.44. The van der Waals surface area contributed by atoms with Crippen LogP contribution in [0.25, 0.3) is 0 Å². The Morgan fingerprint density at radius 1 is 1.53 bits per heavy atom. The largest absolute Gasteiger partial charge is 0.444 e. The van der Waals surface area contributed by atoms with Crippen molar-refractivity contribution in [3.8, 4) is 0 Å². The summed E-state index contributed by atoms with van der Waals surface area (Å²) in [5, 5.41) is 5.24. The quantitative estimate of drug-likeness (QED) is 0.729. The predicted molar refractivity (Wildman–Crippen MR) is 86.8 cm³/mol. The van der Waals surface area contributed by atoms with Crippen molar-refractivity contribution in [2.45, 2.75) is 58.1 Å². The third-order valence-corrected chi connectivity index (χ3v) is 5.62. The van der Waals surface area contributed by atoms with E-state index < -0.39 is 5.60 Å². The number of hydrogen-bond acceptors (Lipinski definition) is 3. The maximum Gasteiger partial charge on any atom is 0.408 e. The maximum atomic E-state index is 11.9. The summed E-state index contributed by atoms with van der Waals surface area (Å²) in [6.07, 6.45) is 2.58. The van der Waals surface area contributed by atoms with Crippen molar-refractivity contribution in [2.75, 3.05) is 0 Å². The van der Waals surface area contributed by atoms with Crippen LogP contribution in [0.1, 0.15) is 44.6 Å². The second kappa shape index (κ2) is 5.24. The first-order chi connectivity index (χ1) is 8.69. The van der Waals surface area contributed by atoms with Gasteiger partial charge in [0.1, 0.15) is 5.60 Å². The Kier molecular flexibility index (Phi) is 4.16. The molecule has 1 heterocycles. The molecule has 1 aliphatic rings. The number of fused-ring (bicyclic) bond motifs is 1. The van der Waals surface area contributed by atoms with Crippen molar-refractivity contribution in [3.05, 3.63) is 19.4 Å². The minimum Gasteiger partial charge on any atom is -0.444 e. The molecule has 19 heavy (non-hydrogen) atoms. The Bertz CT molecular complexity index is 492. The van der Waals surface area contributed by atoms with E-state index in [0.29, 0.717) is 0 Å². The number of thiophene rings is 1. The van der Waals surface area contributed by atoms with E-state index in [9.17, 15) is 4.79 Å². The lowest BCUT2D eigenvalue weighted by atomic mass is 9.83. The lowest BCUT2D eigenvalue weighted by Gasteiger charge is -2.35. The Morgan fingerprint density at radius 2 is 2.21 bits per heavy atom. The number of nitrogens with one attached hydrogen (secondary N) is 1. The fourth-order valence-corrected chi connectivity index (χ4v) is 4.61. The summed E-state index contributed by atoms with van der Waals surface area (Å²) in [4.78, 5) is 13.3. The summed E-state index contributed by atoms with van der Waals surface area (Å²) < 4.78 is 6.71. The molecule has 0 aliphatic heterocycles. The molecule has 1 atom stereocenters. The van der Waals surface area contributed by atoms with Crippen LogP contribution in [-0.2, 0) is 17.6 Å². The molecular weight excluding hydrogens is 373 g/mol. The molecule has 1 N–H and O–H groups in total. The van der Waals surface area contributed by atoms with E-state index in [4.69, 9.17) is 4.74 Å². The van der Waals surface area contributed by atoms with Crippen LogP contribution in [0.2, 0.25) is 0 Å². The van der Waals surface area contributed by atoms with E-state index in [1.807, 2.05) is 20.8 Å². The van der Waals surface area contributed by atoms with Gasteiger partial charge < -0.3 is 10.1 Å². The van der Waals surface area contributed by atoms with Gasteiger partial charge in [-0.3, -0.25) is 0 Å². The Balaban J connectivity index is 2.04. The first-order valence-corrected chi connectivity index (χ1v) is 8.40. The van der Waals surface area contributed by atoms with Gasteiger partial charge in [-0.1, -0.05) is 0 Å². The average Bonchev–Trinajstić information content (AvgIpc) is 2.55. The van der Waals surface area contributed by atoms with Gasteiger partial charge in [-0.15, -0.1) is 11.3 Å². The molecule has 0 saturated heterocycles. The van der Waals surface area contributed by atoms with E-state index in [0.717, 1.165) is 19.3 Å². The number of ether oxygens (including phenoxy) is 1. The van der Waals surface area contributed by atoms with Crippen LogP contribution in [0, 0.1) is 3.57 Å². The maximum absolute atomic E-state index is 11.9. The molecule has 0 fully saturated rings. The summed E-state index contributed by atoms with van der Waals surface area (Å²) in [5.74, 6) is 0. The van der Waals surface area contributed by atoms with Gasteiger partial charge in [0, 0.05) is 25.8 Å². The number of rotatable bonds is 1. The van der Waals surface area contributed by atoms with E-state index in [-0.39, 0.29) is 11.6 Å². The molecule has 1 aliphatic carbocycles. The lowest BCUT2D eigenvalue weighted by Crippen LogP contribution is -2.51. The number of halogens is 1. The fourth-order valence-electron chi connectivity index (χ4n) is 2.31. The van der Waals surface area contributed by atoms with E-state index in [1.165, 1.54) is 14.0 Å². The second-order valence-corrected chi connectivity index (χ2v) is 8.48. The Morgan fingerprint density at radius 3 is 2.84 bits per heavy atom. The smallest absolute Gasteiger partial charge is 0.408 e. The number of amides is 1. The molecular formula is C14H20INO2S. The zero-order chi connectivity index (χ0) is 14.3. The minimum absolute atomic E-state index is 0.191. The SMILES string of the molecule is CC1(NC(=O)OC(C)(C)C)CCc2c(I)csc2C1. The summed E-state index contributed by atoms with van der Waals surface area (Å²) in [6, 6.07) is 0. The number of carbonyl (C=O) groups excluding carboxylic acids is 1. The molecule has 1 unspecified atom stereocenters. The molecule has 1 aromatic heterocycles. The van der Waals surface area contributed by atoms with Gasteiger partial charge in [-0.05, 0) is 68.7 Å². The van der Waals surface area contributed by atoms with Gasteiger partial charge in [-0.2, -0.15) is 0 Å². The molecule has 0 radical (unpaired) electrons. The van der Waals surface area contributed by atoms with Crippen molar-refractivity contribution >= 4 is 40.0 Å². The molecule has 0 spiro atoms. The van der Waals surface area contributed by atoms with Gasteiger partial charge in [0.05, 0.1) is 0 Å². The second-order valence-electron chi connectivity index (χ2n) is 6.35. The summed E-state index contributed by atoms with van der Waals surface area (Å²) in [5.41, 5.74) is 0.830. The molecule has 2 rings (SSSR count). The molecule has 0 saturated carbocycles. The van der Waals surface area contributed by atoms with Crippen LogP contribution >= 0.6 is 33.9 Å². The van der Waals surface area contributed by atoms with Crippen LogP contribution in [0.3, 0.4) is 0 Å². The van der Waals surface area contributed by atoms with Crippen molar-refractivity contribution in [3.63, 3.8) is 0 Å². The molecule has 106 valence electrons. The highest BCUT2D eigenvalue weighted by atomic mass is 127. The zero-order valence-electron chi connectivity index (χ0n) is 11.8. The highest BCUT2D eigenvalue weighted by Crippen LogP contribution is 2.35. The van der Waals surface area contributed by atoms with Crippen molar-refractivity contribution in [1.29, 1.82) is 0 Å². The first kappa shape index (κ1) is 15.1. The van der Waals surface area contributed by atoms with Gasteiger partial charge in [0.25, 0.3) is 0 Å². The summed E-state index contributed by atoms with van der Waals surface area (Å²) >= 11 is 4.19. The van der Waals surface area contributed by atoms with E-state index in [1.54, 1.807) is 11.3 Å². The molecule has 1 aromatic rings. The Hall–Kier alpha value is -0.300. The number of hydrogen-bond donors (Lipinski definition) is 1. The van der Waals surface area contributed by atoms with Gasteiger partial charge in [-0.25, -0.2) is 4.79 Å². The average molecular weight is 393 g/mol. The molecule has 5 heteroatoms. The summed E-state index contributed by atoms with van der Waals surface area (Å²) in [7, 11) is 0. The van der Waals surface area contributed by atoms with Crippen molar-refractivity contribution < 1.29 is 9.53 Å². The number of carbonyl (C=O) groups is 1. The van der Waals surface area contributed by atoms with Crippen LogP contribution in [0.4, 0.5) is 4.79 Å². The van der Waals surface area contributed by atoms with Gasteiger partial charge in [0.2, 0.25) is 0 Å². The summed E-state index contributed by atoms with van der Waals surface area (Å²) in [6.45, 7) is 7.76. The molecule has 1 amide bonds. The fraction of sp³-hybridized carbons (Fsp3) is 0.643. The van der Waals surface area contributed by atoms with E-state index in [2.05, 4.69) is 40.2 Å². The molecule has 0 bridgehead atoms. The zero-order valence-corrected chi connectivity index (χ0v) is 14.8.